The van der Waals surface area contributed by atoms with Crippen molar-refractivity contribution in [3.05, 3.63) is 82.9 Å². The number of ether oxygens (including phenoxy) is 2. The molecule has 0 unspecified atom stereocenters. The number of alkyl halides is 4. The molecule has 0 aliphatic rings. The lowest BCUT2D eigenvalue weighted by molar-refractivity contribution is -0.188. The van der Waals surface area contributed by atoms with Crippen LogP contribution in [-0.2, 0) is 6.11 Å². The molecule has 3 aromatic rings. The second-order valence-electron chi connectivity index (χ2n) is 6.37. The molecule has 0 N–H and O–H groups in total. The van der Waals surface area contributed by atoms with Crippen molar-refractivity contribution in [1.29, 1.82) is 0 Å². The van der Waals surface area contributed by atoms with Gasteiger partial charge in [-0.3, -0.25) is 0 Å². The van der Waals surface area contributed by atoms with Gasteiger partial charge in [-0.1, -0.05) is 35.9 Å². The maximum absolute atomic E-state index is 14.4. The monoisotopic (exact) mass is 448 g/mol. The molecule has 3 rings (SSSR count). The Morgan fingerprint density at radius 2 is 1.39 bits per heavy atom. The summed E-state index contributed by atoms with van der Waals surface area (Å²) in [5.74, 6) is -9.70. The van der Waals surface area contributed by atoms with Crippen molar-refractivity contribution >= 4 is 0 Å². The summed E-state index contributed by atoms with van der Waals surface area (Å²) >= 11 is 0. The molecule has 0 saturated heterocycles. The maximum Gasteiger partial charge on any atom is 0.429 e. The van der Waals surface area contributed by atoms with Gasteiger partial charge in [0, 0.05) is 17.7 Å². The fourth-order valence-corrected chi connectivity index (χ4v) is 2.73. The Balaban J connectivity index is 1.93. The second kappa shape index (κ2) is 8.44. The van der Waals surface area contributed by atoms with Gasteiger partial charge in [-0.25, -0.2) is 17.6 Å². The molecule has 0 radical (unpaired) electrons. The van der Waals surface area contributed by atoms with Gasteiger partial charge in [-0.15, -0.1) is 0 Å². The molecule has 0 fully saturated rings. The van der Waals surface area contributed by atoms with Gasteiger partial charge in [0.25, 0.3) is 0 Å². The van der Waals surface area contributed by atoms with Gasteiger partial charge in [-0.05, 0) is 18.6 Å². The van der Waals surface area contributed by atoms with E-state index >= 15 is 0 Å². The van der Waals surface area contributed by atoms with Crippen LogP contribution in [0.5, 0.6) is 11.5 Å². The first-order chi connectivity index (χ1) is 14.5. The Kier molecular flexibility index (Phi) is 6.10. The molecule has 0 spiro atoms. The highest BCUT2D eigenvalue weighted by Gasteiger charge is 2.40. The van der Waals surface area contributed by atoms with Gasteiger partial charge in [0.1, 0.15) is 11.3 Å². The number of halogens is 8. The first-order valence-corrected chi connectivity index (χ1v) is 8.56. The molecular formula is C21H12F8O2. The Bertz CT molecular complexity index is 1070. The van der Waals surface area contributed by atoms with Crippen molar-refractivity contribution in [1.82, 2.24) is 0 Å². The number of benzene rings is 3. The smallest absolute Gasteiger partial charge is 0.429 e. The summed E-state index contributed by atoms with van der Waals surface area (Å²) < 4.78 is 117. The van der Waals surface area contributed by atoms with Crippen molar-refractivity contribution < 1.29 is 44.6 Å². The van der Waals surface area contributed by atoms with E-state index in [1.165, 1.54) is 12.1 Å². The van der Waals surface area contributed by atoms with Gasteiger partial charge < -0.3 is 9.47 Å². The molecule has 3 aromatic carbocycles. The zero-order chi connectivity index (χ0) is 22.9. The number of rotatable bonds is 6. The molecule has 0 aliphatic carbocycles. The highest BCUT2D eigenvalue weighted by atomic mass is 19.3. The van der Waals surface area contributed by atoms with Gasteiger partial charge in [0.05, 0.1) is 0 Å². The molecule has 0 aromatic heterocycles. The van der Waals surface area contributed by atoms with Crippen molar-refractivity contribution in [2.24, 2.45) is 0 Å². The second-order valence-corrected chi connectivity index (χ2v) is 6.37. The SMILES string of the molecule is Cc1ccc(-c2ccc(C(F)(F)Oc3cc(F)c(OC(F)F)c(F)c3)c(F)c2F)cc1. The van der Waals surface area contributed by atoms with Crippen LogP contribution in [0.15, 0.2) is 48.5 Å². The zero-order valence-electron chi connectivity index (χ0n) is 15.5. The van der Waals surface area contributed by atoms with E-state index in [1.54, 1.807) is 19.1 Å². The van der Waals surface area contributed by atoms with E-state index in [1.807, 2.05) is 0 Å². The van der Waals surface area contributed by atoms with Crippen LogP contribution in [0, 0.1) is 30.2 Å². The first-order valence-electron chi connectivity index (χ1n) is 8.56. The maximum atomic E-state index is 14.4. The summed E-state index contributed by atoms with van der Waals surface area (Å²) in [4.78, 5) is 0. The van der Waals surface area contributed by atoms with Crippen LogP contribution in [0.2, 0.25) is 0 Å². The minimum Gasteiger partial charge on any atom is -0.429 e. The minimum absolute atomic E-state index is 0.142. The molecular weight excluding hydrogens is 436 g/mol. The van der Waals surface area contributed by atoms with Gasteiger partial charge >= 0.3 is 12.7 Å². The third-order valence-corrected chi connectivity index (χ3v) is 4.18. The standard InChI is InChI=1S/C21H12F8O2/c1-10-2-4-11(5-3-10)13-6-7-14(18(25)17(13)24)21(28,29)31-12-8-15(22)19(16(23)9-12)30-20(26)27/h2-9,20H,1H3. The average molecular weight is 448 g/mol. The minimum atomic E-state index is -4.55. The predicted octanol–water partition coefficient (Wildman–Crippen LogP) is 6.95. The highest BCUT2D eigenvalue weighted by Crippen LogP contribution is 2.38. The number of aryl methyl sites for hydroxylation is 1. The van der Waals surface area contributed by atoms with Gasteiger partial charge in [0.2, 0.25) is 0 Å². The van der Waals surface area contributed by atoms with E-state index in [2.05, 4.69) is 9.47 Å². The number of hydrogen-bond donors (Lipinski definition) is 0. The summed E-state index contributed by atoms with van der Waals surface area (Å²) in [5, 5.41) is 0. The summed E-state index contributed by atoms with van der Waals surface area (Å²) in [6, 6.07) is 7.91. The molecule has 31 heavy (non-hydrogen) atoms. The third kappa shape index (κ3) is 4.73. The summed E-state index contributed by atoms with van der Waals surface area (Å²) in [5.41, 5.74) is -0.751. The topological polar surface area (TPSA) is 18.5 Å². The van der Waals surface area contributed by atoms with E-state index < -0.39 is 53.1 Å². The van der Waals surface area contributed by atoms with Crippen molar-refractivity contribution in [3.63, 3.8) is 0 Å². The predicted molar refractivity (Wildman–Crippen MR) is 94.0 cm³/mol. The molecule has 2 nitrogen and oxygen atoms in total. The summed E-state index contributed by atoms with van der Waals surface area (Å²) in [7, 11) is 0. The molecule has 0 atom stereocenters. The zero-order valence-corrected chi connectivity index (χ0v) is 15.5. The lowest BCUT2D eigenvalue weighted by atomic mass is 10.0. The van der Waals surface area contributed by atoms with Crippen LogP contribution in [0.4, 0.5) is 35.1 Å². The van der Waals surface area contributed by atoms with Crippen LogP contribution >= 0.6 is 0 Å². The Labute approximate surface area is 170 Å². The Hall–Kier alpha value is -3.30. The van der Waals surface area contributed by atoms with Crippen molar-refractivity contribution in [2.75, 3.05) is 0 Å². The molecule has 0 heterocycles. The average Bonchev–Trinajstić information content (AvgIpc) is 2.67. The molecule has 0 saturated carbocycles. The Morgan fingerprint density at radius 3 is 1.94 bits per heavy atom. The lowest BCUT2D eigenvalue weighted by Crippen LogP contribution is -2.24. The molecule has 0 aliphatic heterocycles. The molecule has 164 valence electrons. The van der Waals surface area contributed by atoms with E-state index in [9.17, 15) is 35.1 Å². The quantitative estimate of drug-likeness (QED) is 0.380. The lowest BCUT2D eigenvalue weighted by Gasteiger charge is -2.20. The van der Waals surface area contributed by atoms with E-state index in [-0.39, 0.29) is 23.3 Å². The van der Waals surface area contributed by atoms with Gasteiger partial charge in [-0.2, -0.15) is 17.6 Å². The van der Waals surface area contributed by atoms with Crippen LogP contribution in [0.1, 0.15) is 11.1 Å². The molecule has 0 bridgehead atoms. The summed E-state index contributed by atoms with van der Waals surface area (Å²) in [6.45, 7) is -1.80. The van der Waals surface area contributed by atoms with E-state index in [0.29, 0.717) is 6.07 Å². The molecule has 10 heteroatoms. The van der Waals surface area contributed by atoms with Crippen LogP contribution in [0.25, 0.3) is 11.1 Å². The third-order valence-electron chi connectivity index (χ3n) is 4.18. The fraction of sp³-hybridized carbons (Fsp3) is 0.143. The summed E-state index contributed by atoms with van der Waals surface area (Å²) in [6.07, 6.45) is -4.55. The van der Waals surface area contributed by atoms with Crippen molar-refractivity contribution in [2.45, 2.75) is 19.6 Å². The highest BCUT2D eigenvalue weighted by molar-refractivity contribution is 5.65. The van der Waals surface area contributed by atoms with Crippen LogP contribution < -0.4 is 9.47 Å². The molecule has 0 amide bonds. The van der Waals surface area contributed by atoms with Crippen molar-refractivity contribution in [3.8, 4) is 22.6 Å². The normalized spacial score (nSPS) is 11.7. The van der Waals surface area contributed by atoms with Crippen LogP contribution in [-0.4, -0.2) is 6.61 Å². The fourth-order valence-electron chi connectivity index (χ4n) is 2.73. The number of hydrogen-bond acceptors (Lipinski definition) is 2. The van der Waals surface area contributed by atoms with Gasteiger partial charge in [0.15, 0.2) is 29.0 Å². The largest absolute Gasteiger partial charge is 0.429 e. The van der Waals surface area contributed by atoms with E-state index in [4.69, 9.17) is 0 Å². The van der Waals surface area contributed by atoms with Crippen LogP contribution in [0.3, 0.4) is 0 Å². The Morgan fingerprint density at radius 1 is 0.806 bits per heavy atom. The first kappa shape index (κ1) is 22.4. The van der Waals surface area contributed by atoms with E-state index in [0.717, 1.165) is 11.6 Å².